The van der Waals surface area contributed by atoms with E-state index in [-0.39, 0.29) is 5.56 Å². The van der Waals surface area contributed by atoms with Crippen LogP contribution in [0.4, 0.5) is 8.78 Å². The molecule has 0 heterocycles. The molecule has 0 atom stereocenters. The average molecular weight is 247 g/mol. The maximum absolute atomic E-state index is 12.4. The molecule has 0 aliphatic rings. The topological polar surface area (TPSA) is 12.0 Å². The molecular formula is C15H15F2N. The van der Waals surface area contributed by atoms with Crippen molar-refractivity contribution in [3.8, 4) is 0 Å². The zero-order valence-electron chi connectivity index (χ0n) is 9.94. The van der Waals surface area contributed by atoms with Crippen molar-refractivity contribution in [1.82, 2.24) is 5.32 Å². The Morgan fingerprint density at radius 1 is 0.778 bits per heavy atom. The lowest BCUT2D eigenvalue weighted by Crippen LogP contribution is -2.12. The molecule has 2 aromatic rings. The van der Waals surface area contributed by atoms with Crippen LogP contribution in [0.25, 0.3) is 0 Å². The summed E-state index contributed by atoms with van der Waals surface area (Å²) in [5.41, 5.74) is 2.29. The summed E-state index contributed by atoms with van der Waals surface area (Å²) in [6, 6.07) is 16.5. The highest BCUT2D eigenvalue weighted by Gasteiger charge is 2.05. The third-order valence-corrected chi connectivity index (χ3v) is 2.73. The molecule has 1 nitrogen and oxygen atoms in total. The fourth-order valence-corrected chi connectivity index (χ4v) is 1.73. The lowest BCUT2D eigenvalue weighted by molar-refractivity contribution is 0.151. The lowest BCUT2D eigenvalue weighted by Gasteiger charge is -2.06. The first-order chi connectivity index (χ1) is 8.75. The van der Waals surface area contributed by atoms with Crippen molar-refractivity contribution in [1.29, 1.82) is 0 Å². The van der Waals surface area contributed by atoms with Gasteiger partial charge in [0.1, 0.15) is 0 Å². The highest BCUT2D eigenvalue weighted by molar-refractivity contribution is 5.23. The molecule has 0 aliphatic heterocycles. The molecule has 0 saturated carbocycles. The summed E-state index contributed by atoms with van der Waals surface area (Å²) in [5.74, 6) is 0. The summed E-state index contributed by atoms with van der Waals surface area (Å²) in [6.45, 7) is 1.45. The Kier molecular flexibility index (Phi) is 4.42. The van der Waals surface area contributed by atoms with E-state index in [1.165, 1.54) is 17.7 Å². The van der Waals surface area contributed by atoms with Crippen LogP contribution >= 0.6 is 0 Å². The van der Waals surface area contributed by atoms with Crippen LogP contribution in [-0.4, -0.2) is 0 Å². The normalized spacial score (nSPS) is 10.8. The van der Waals surface area contributed by atoms with E-state index in [0.717, 1.165) is 12.1 Å². The minimum absolute atomic E-state index is 0.0711. The van der Waals surface area contributed by atoms with Gasteiger partial charge >= 0.3 is 0 Å². The number of halogens is 2. The van der Waals surface area contributed by atoms with Crippen LogP contribution in [0.3, 0.4) is 0 Å². The number of hydrogen-bond acceptors (Lipinski definition) is 1. The minimum Gasteiger partial charge on any atom is -0.309 e. The average Bonchev–Trinajstić information content (AvgIpc) is 2.40. The van der Waals surface area contributed by atoms with Gasteiger partial charge in [-0.25, -0.2) is 8.78 Å². The van der Waals surface area contributed by atoms with E-state index < -0.39 is 6.43 Å². The summed E-state index contributed by atoms with van der Waals surface area (Å²) >= 11 is 0. The van der Waals surface area contributed by atoms with Crippen molar-refractivity contribution in [2.24, 2.45) is 0 Å². The molecule has 0 fully saturated rings. The van der Waals surface area contributed by atoms with Crippen molar-refractivity contribution in [2.45, 2.75) is 19.5 Å². The lowest BCUT2D eigenvalue weighted by atomic mass is 10.1. The molecule has 94 valence electrons. The van der Waals surface area contributed by atoms with Gasteiger partial charge in [0.15, 0.2) is 0 Å². The third kappa shape index (κ3) is 3.64. The van der Waals surface area contributed by atoms with E-state index in [4.69, 9.17) is 0 Å². The molecule has 0 bridgehead atoms. The summed E-state index contributed by atoms with van der Waals surface area (Å²) in [7, 11) is 0. The van der Waals surface area contributed by atoms with Crippen LogP contribution < -0.4 is 5.32 Å². The van der Waals surface area contributed by atoms with Crippen LogP contribution in [0, 0.1) is 0 Å². The number of benzene rings is 2. The molecular weight excluding hydrogens is 232 g/mol. The quantitative estimate of drug-likeness (QED) is 0.844. The van der Waals surface area contributed by atoms with Gasteiger partial charge in [0.05, 0.1) is 0 Å². The molecule has 0 saturated heterocycles. The van der Waals surface area contributed by atoms with Crippen molar-refractivity contribution in [3.05, 3.63) is 71.3 Å². The Morgan fingerprint density at radius 3 is 1.89 bits per heavy atom. The molecule has 1 N–H and O–H groups in total. The number of nitrogens with one attached hydrogen (secondary N) is 1. The van der Waals surface area contributed by atoms with E-state index in [9.17, 15) is 8.78 Å². The van der Waals surface area contributed by atoms with E-state index in [1.807, 2.05) is 30.3 Å². The first-order valence-corrected chi connectivity index (χ1v) is 5.87. The Balaban J connectivity index is 1.83. The number of alkyl halides is 2. The maximum atomic E-state index is 12.4. The molecule has 0 aromatic heterocycles. The number of hydrogen-bond donors (Lipinski definition) is 1. The Bertz CT molecular complexity index is 466. The smallest absolute Gasteiger partial charge is 0.263 e. The number of rotatable bonds is 5. The summed E-state index contributed by atoms with van der Waals surface area (Å²) < 4.78 is 24.7. The van der Waals surface area contributed by atoms with Gasteiger partial charge in [-0.05, 0) is 11.1 Å². The molecule has 2 aromatic carbocycles. The largest absolute Gasteiger partial charge is 0.309 e. The molecule has 0 aliphatic carbocycles. The first kappa shape index (κ1) is 12.7. The molecule has 0 spiro atoms. The fraction of sp³-hybridized carbons (Fsp3) is 0.200. The van der Waals surface area contributed by atoms with Gasteiger partial charge < -0.3 is 5.32 Å². The molecule has 0 unspecified atom stereocenters. The fourth-order valence-electron chi connectivity index (χ4n) is 1.73. The van der Waals surface area contributed by atoms with Crippen molar-refractivity contribution < 1.29 is 8.78 Å². The van der Waals surface area contributed by atoms with Gasteiger partial charge in [-0.2, -0.15) is 0 Å². The molecule has 3 heteroatoms. The van der Waals surface area contributed by atoms with Gasteiger partial charge in [-0.15, -0.1) is 0 Å². The van der Waals surface area contributed by atoms with Gasteiger partial charge in [-0.1, -0.05) is 54.6 Å². The predicted octanol–water partition coefficient (Wildman–Crippen LogP) is 3.91. The second-order valence-corrected chi connectivity index (χ2v) is 4.13. The predicted molar refractivity (Wildman–Crippen MR) is 68.4 cm³/mol. The summed E-state index contributed by atoms with van der Waals surface area (Å²) in [4.78, 5) is 0. The SMILES string of the molecule is FC(F)c1ccc(CNCc2ccccc2)cc1. The van der Waals surface area contributed by atoms with Crippen LogP contribution in [0.2, 0.25) is 0 Å². The Labute approximate surface area is 105 Å². The highest BCUT2D eigenvalue weighted by Crippen LogP contribution is 2.18. The molecule has 0 amide bonds. The summed E-state index contributed by atoms with van der Waals surface area (Å²) in [5, 5.41) is 3.28. The van der Waals surface area contributed by atoms with Gasteiger partial charge in [-0.3, -0.25) is 0 Å². The highest BCUT2D eigenvalue weighted by atomic mass is 19.3. The van der Waals surface area contributed by atoms with Crippen LogP contribution in [0.1, 0.15) is 23.1 Å². The minimum atomic E-state index is -2.39. The third-order valence-electron chi connectivity index (χ3n) is 2.73. The molecule has 2 rings (SSSR count). The second-order valence-electron chi connectivity index (χ2n) is 4.13. The molecule has 18 heavy (non-hydrogen) atoms. The Morgan fingerprint density at radius 2 is 1.33 bits per heavy atom. The zero-order valence-corrected chi connectivity index (χ0v) is 9.94. The van der Waals surface area contributed by atoms with Crippen LogP contribution in [-0.2, 0) is 13.1 Å². The van der Waals surface area contributed by atoms with E-state index in [2.05, 4.69) is 5.32 Å². The van der Waals surface area contributed by atoms with Gasteiger partial charge in [0.2, 0.25) is 0 Å². The Hall–Kier alpha value is -1.74. The van der Waals surface area contributed by atoms with Gasteiger partial charge in [0.25, 0.3) is 6.43 Å². The maximum Gasteiger partial charge on any atom is 0.263 e. The first-order valence-electron chi connectivity index (χ1n) is 5.87. The zero-order chi connectivity index (χ0) is 12.8. The van der Waals surface area contributed by atoms with Crippen LogP contribution in [0.5, 0.6) is 0 Å². The van der Waals surface area contributed by atoms with Gasteiger partial charge in [0, 0.05) is 18.7 Å². The standard InChI is InChI=1S/C15H15F2N/c16-15(17)14-8-6-13(7-9-14)11-18-10-12-4-2-1-3-5-12/h1-9,15,18H,10-11H2. The van der Waals surface area contributed by atoms with E-state index in [0.29, 0.717) is 6.54 Å². The van der Waals surface area contributed by atoms with Crippen molar-refractivity contribution >= 4 is 0 Å². The second kappa shape index (κ2) is 6.26. The van der Waals surface area contributed by atoms with Crippen molar-refractivity contribution in [3.63, 3.8) is 0 Å². The van der Waals surface area contributed by atoms with Crippen molar-refractivity contribution in [2.75, 3.05) is 0 Å². The monoisotopic (exact) mass is 247 g/mol. The van der Waals surface area contributed by atoms with E-state index in [1.54, 1.807) is 12.1 Å². The van der Waals surface area contributed by atoms with Crippen LogP contribution in [0.15, 0.2) is 54.6 Å². The summed E-state index contributed by atoms with van der Waals surface area (Å²) in [6.07, 6.45) is -2.39. The molecule has 0 radical (unpaired) electrons. The van der Waals surface area contributed by atoms with E-state index >= 15 is 0 Å².